The summed E-state index contributed by atoms with van der Waals surface area (Å²) in [5.41, 5.74) is 7.79. The van der Waals surface area contributed by atoms with Gasteiger partial charge in [-0.15, -0.1) is 0 Å². The number of aromatic hydroxyl groups is 1. The van der Waals surface area contributed by atoms with Crippen LogP contribution in [0.25, 0.3) is 39.2 Å². The van der Waals surface area contributed by atoms with E-state index in [2.05, 4.69) is 118 Å². The summed E-state index contributed by atoms with van der Waals surface area (Å²) in [5, 5.41) is 12.8. The number of phenols is 1. The van der Waals surface area contributed by atoms with E-state index in [9.17, 15) is 5.11 Å². The van der Waals surface area contributed by atoms with Gasteiger partial charge in [-0.05, 0) is 52.8 Å². The van der Waals surface area contributed by atoms with Gasteiger partial charge in [0.25, 0.3) is 0 Å². The molecule has 0 bridgehead atoms. The first-order valence-corrected chi connectivity index (χ1v) is 17.8. The molecule has 1 heterocycles. The first-order chi connectivity index (χ1) is 19.4. The van der Waals surface area contributed by atoms with Gasteiger partial charge in [0.1, 0.15) is 11.6 Å². The summed E-state index contributed by atoms with van der Waals surface area (Å²) < 4.78 is 2.16. The molecule has 0 spiro atoms. The predicted octanol–water partition coefficient (Wildman–Crippen LogP) is 9.89. The smallest absolute Gasteiger partial charge is 0.149 e. The Morgan fingerprint density at radius 2 is 1.56 bits per heavy atom. The van der Waals surface area contributed by atoms with Crippen molar-refractivity contribution in [2.45, 2.75) is 52.2 Å². The van der Waals surface area contributed by atoms with Crippen LogP contribution in [-0.4, -0.2) is 22.7 Å². The quantitative estimate of drug-likeness (QED) is 0.160. The van der Waals surface area contributed by atoms with Gasteiger partial charge in [0.2, 0.25) is 0 Å². The number of hydrogen-bond acceptors (Lipinski definition) is 2. The molecule has 1 N–H and O–H groups in total. The van der Waals surface area contributed by atoms with Crippen LogP contribution in [0, 0.1) is 0 Å². The van der Waals surface area contributed by atoms with Gasteiger partial charge < -0.3 is 5.11 Å². The summed E-state index contributed by atoms with van der Waals surface area (Å²) in [6.07, 6.45) is 5.28. The minimum Gasteiger partial charge on any atom is -0.507 e. The maximum Gasteiger partial charge on any atom is 0.149 e. The van der Waals surface area contributed by atoms with E-state index in [-0.39, 0.29) is 11.2 Å². The van der Waals surface area contributed by atoms with Crippen molar-refractivity contribution >= 4 is 19.1 Å². The highest BCUT2D eigenvalue weighted by atomic mass is 28.3. The zero-order chi connectivity index (χ0) is 29.4. The zero-order valence-electron chi connectivity index (χ0n) is 25.1. The van der Waals surface area contributed by atoms with E-state index in [0.717, 1.165) is 51.2 Å². The fourth-order valence-electron chi connectivity index (χ4n) is 5.13. The highest BCUT2D eigenvalue weighted by Crippen LogP contribution is 2.41. The van der Waals surface area contributed by atoms with E-state index < -0.39 is 8.07 Å². The van der Waals surface area contributed by atoms with Crippen LogP contribution < -0.4 is 0 Å². The van der Waals surface area contributed by atoms with Crippen LogP contribution in [0.1, 0.15) is 31.9 Å². The lowest BCUT2D eigenvalue weighted by Gasteiger charge is -2.22. The maximum absolute atomic E-state index is 11.5. The van der Waals surface area contributed by atoms with E-state index >= 15 is 0 Å². The second-order valence-corrected chi connectivity index (χ2v) is 18.0. The molecule has 3 nitrogen and oxygen atoms in total. The van der Waals surface area contributed by atoms with Gasteiger partial charge in [0.05, 0.1) is 24.7 Å². The molecule has 208 valence electrons. The first kappa shape index (κ1) is 28.4. The number of rotatable bonds is 7. The molecule has 0 aliphatic carbocycles. The lowest BCUT2D eigenvalue weighted by atomic mass is 9.85. The van der Waals surface area contributed by atoms with Crippen LogP contribution in [0.2, 0.25) is 19.6 Å². The molecule has 0 aliphatic rings. The monoisotopic (exact) mass is 556 g/mol. The number of hydrogen-bond donors (Lipinski definition) is 1. The normalized spacial score (nSPS) is 12.3. The van der Waals surface area contributed by atoms with Gasteiger partial charge in [0.15, 0.2) is 0 Å². The van der Waals surface area contributed by atoms with E-state index in [4.69, 9.17) is 4.98 Å². The molecule has 0 atom stereocenters. The van der Waals surface area contributed by atoms with E-state index in [0.29, 0.717) is 0 Å². The molecule has 5 aromatic rings. The summed E-state index contributed by atoms with van der Waals surface area (Å²) in [7, 11) is -1.38. The highest BCUT2D eigenvalue weighted by molar-refractivity contribution is 6.83. The van der Waals surface area contributed by atoms with E-state index in [1.165, 1.54) is 10.8 Å². The third kappa shape index (κ3) is 5.84. The average Bonchev–Trinajstić information content (AvgIpc) is 3.32. The van der Waals surface area contributed by atoms with Crippen LogP contribution in [0.5, 0.6) is 5.75 Å². The third-order valence-electron chi connectivity index (χ3n) is 7.66. The number of allylic oxidation sites excluding steroid dienone is 3. The molecule has 0 amide bonds. The Bertz CT molecular complexity index is 1750. The Hall–Kier alpha value is -4.15. The molecule has 0 saturated heterocycles. The third-order valence-corrected chi connectivity index (χ3v) is 9.75. The van der Waals surface area contributed by atoms with Crippen molar-refractivity contribution in [2.24, 2.45) is 0 Å². The van der Waals surface area contributed by atoms with Crippen molar-refractivity contribution in [3.8, 4) is 34.0 Å². The average molecular weight is 557 g/mol. The molecular weight excluding hydrogens is 517 g/mol. The van der Waals surface area contributed by atoms with E-state index in [1.807, 2.05) is 36.4 Å². The molecule has 0 unspecified atom stereocenters. The Balaban J connectivity index is 1.66. The number of nitrogens with zero attached hydrogens (tertiary/aromatic N) is 2. The van der Waals surface area contributed by atoms with E-state index in [1.54, 1.807) is 0 Å². The molecule has 4 heteroatoms. The summed E-state index contributed by atoms with van der Waals surface area (Å²) in [5.74, 6) is 1.01. The molecule has 4 aromatic carbocycles. The number of fused-ring (bicyclic) bond motifs is 1. The van der Waals surface area contributed by atoms with Crippen LogP contribution >= 0.6 is 0 Å². The summed E-state index contributed by atoms with van der Waals surface area (Å²) >= 11 is 0. The minimum absolute atomic E-state index is 0.203. The highest BCUT2D eigenvalue weighted by Gasteiger charge is 2.24. The van der Waals surface area contributed by atoms with Gasteiger partial charge in [-0.2, -0.15) is 0 Å². The van der Waals surface area contributed by atoms with Crippen molar-refractivity contribution in [1.29, 1.82) is 0 Å². The lowest BCUT2D eigenvalue weighted by Crippen LogP contribution is -2.21. The van der Waals surface area contributed by atoms with Gasteiger partial charge >= 0.3 is 0 Å². The number of benzene rings is 4. The van der Waals surface area contributed by atoms with Crippen molar-refractivity contribution in [2.75, 3.05) is 0 Å². The number of para-hydroxylation sites is 3. The second-order valence-electron chi connectivity index (χ2n) is 12.8. The summed E-state index contributed by atoms with van der Waals surface area (Å²) in [6, 6.07) is 31.3. The van der Waals surface area contributed by atoms with Gasteiger partial charge in [-0.25, -0.2) is 4.98 Å². The van der Waals surface area contributed by atoms with Crippen LogP contribution in [0.4, 0.5) is 0 Å². The summed E-state index contributed by atoms with van der Waals surface area (Å²) in [4.78, 5) is 5.24. The molecule has 0 aliphatic heterocycles. The molecular formula is C37H40N2OSi. The molecule has 0 radical (unpaired) electrons. The topological polar surface area (TPSA) is 38.1 Å². The summed E-state index contributed by atoms with van der Waals surface area (Å²) in [6.45, 7) is 17.6. The predicted molar refractivity (Wildman–Crippen MR) is 178 cm³/mol. The van der Waals surface area contributed by atoms with Crippen LogP contribution in [-0.2, 0) is 11.8 Å². The number of phenolic OH excluding ortho intramolecular Hbond substituents is 1. The SMILES string of the molecule is C=C(/C=C\Cc1cccc(-c2cccc3c2nc(-c2cccc(C(C)(C)C)c2O)n3-c2ccccc2)c1)[Si](C)(C)C. The molecule has 5 rings (SSSR count). The van der Waals surface area contributed by atoms with Crippen molar-refractivity contribution in [1.82, 2.24) is 9.55 Å². The Kier molecular flexibility index (Phi) is 7.63. The molecule has 0 fully saturated rings. The minimum atomic E-state index is -1.38. The largest absolute Gasteiger partial charge is 0.507 e. The van der Waals surface area contributed by atoms with Crippen molar-refractivity contribution < 1.29 is 5.11 Å². The second kappa shape index (κ2) is 11.0. The standard InChI is InChI=1S/C37H40N2OSi/c1-26(41(5,6)7)15-11-16-27-17-12-18-28(25-27)30-21-14-24-33-34(30)38-36(39(33)29-19-9-8-10-20-29)31-22-13-23-32(35(31)40)37(2,3)4/h8-15,17-25,40H,1,16H2,2-7H3/b15-11-. The fourth-order valence-corrected chi connectivity index (χ4v) is 5.75. The maximum atomic E-state index is 11.5. The Labute approximate surface area is 245 Å². The van der Waals surface area contributed by atoms with Crippen LogP contribution in [0.15, 0.2) is 115 Å². The molecule has 41 heavy (non-hydrogen) atoms. The number of imidazole rings is 1. The van der Waals surface area contributed by atoms with Gasteiger partial charge in [-0.3, -0.25) is 4.57 Å². The van der Waals surface area contributed by atoms with Crippen LogP contribution in [0.3, 0.4) is 0 Å². The Morgan fingerprint density at radius 3 is 2.27 bits per heavy atom. The lowest BCUT2D eigenvalue weighted by molar-refractivity contribution is 0.448. The van der Waals surface area contributed by atoms with Gasteiger partial charge in [-0.1, -0.05) is 131 Å². The fraction of sp³-hybridized carbons (Fsp3) is 0.216. The van der Waals surface area contributed by atoms with Gasteiger partial charge in [0, 0.05) is 11.3 Å². The molecule has 1 aromatic heterocycles. The first-order valence-electron chi connectivity index (χ1n) is 14.3. The zero-order valence-corrected chi connectivity index (χ0v) is 26.1. The van der Waals surface area contributed by atoms with Crippen molar-refractivity contribution in [3.63, 3.8) is 0 Å². The number of aromatic nitrogens is 2. The van der Waals surface area contributed by atoms with Crippen molar-refractivity contribution in [3.05, 3.63) is 126 Å². The Morgan fingerprint density at radius 1 is 0.878 bits per heavy atom. The molecule has 0 saturated carbocycles.